The molecule has 2 aliphatic rings. The molecule has 3 rings (SSSR count). The summed E-state index contributed by atoms with van der Waals surface area (Å²) in [4.78, 5) is 14.7. The molecule has 0 aromatic heterocycles. The minimum atomic E-state index is -2.92. The predicted molar refractivity (Wildman–Crippen MR) is 109 cm³/mol. The number of amides is 2. The Morgan fingerprint density at radius 1 is 1.15 bits per heavy atom. The van der Waals surface area contributed by atoms with Gasteiger partial charge >= 0.3 is 6.03 Å². The maximum Gasteiger partial charge on any atom is 0.317 e. The molecule has 2 unspecified atom stereocenters. The van der Waals surface area contributed by atoms with Crippen LogP contribution < -0.4 is 5.32 Å². The number of hydrogen-bond acceptors (Lipinski definition) is 3. The molecule has 2 atom stereocenters. The lowest BCUT2D eigenvalue weighted by atomic mass is 9.87. The number of carbonyl (C=O) groups is 1. The smallest absolute Gasteiger partial charge is 0.317 e. The average molecular weight is 393 g/mol. The van der Waals surface area contributed by atoms with Gasteiger partial charge in [-0.05, 0) is 57.4 Å². The van der Waals surface area contributed by atoms with Crippen LogP contribution in [0.1, 0.15) is 56.1 Å². The highest BCUT2D eigenvalue weighted by atomic mass is 32.2. The highest BCUT2D eigenvalue weighted by molar-refractivity contribution is 7.90. The number of nitrogens with one attached hydrogen (secondary N) is 1. The lowest BCUT2D eigenvalue weighted by Crippen LogP contribution is -2.47. The maximum absolute atomic E-state index is 12.8. The summed E-state index contributed by atoms with van der Waals surface area (Å²) in [5.74, 6) is 0.913. The molecule has 1 aliphatic heterocycles. The molecule has 27 heavy (non-hydrogen) atoms. The van der Waals surface area contributed by atoms with E-state index in [0.29, 0.717) is 5.92 Å². The van der Waals surface area contributed by atoms with Gasteiger partial charge in [0.2, 0.25) is 0 Å². The molecule has 1 N–H and O–H groups in total. The topological polar surface area (TPSA) is 66.5 Å². The SMILES string of the molecule is Cc1ccc(C2CC(C)N(C(=O)NC3CCC(CS(C)(=O)=O)CC3)C2)cc1. The number of nitrogens with zero attached hydrogens (tertiary/aromatic N) is 1. The first-order valence-electron chi connectivity index (χ1n) is 10.0. The molecule has 5 nitrogen and oxygen atoms in total. The second-order valence-corrected chi connectivity index (χ2v) is 10.8. The second kappa shape index (κ2) is 8.21. The third kappa shape index (κ3) is 5.47. The van der Waals surface area contributed by atoms with Gasteiger partial charge in [0.15, 0.2) is 0 Å². The Morgan fingerprint density at radius 2 is 1.78 bits per heavy atom. The molecule has 0 bridgehead atoms. The molecule has 6 heteroatoms. The zero-order valence-electron chi connectivity index (χ0n) is 16.6. The number of benzene rings is 1. The summed E-state index contributed by atoms with van der Waals surface area (Å²) < 4.78 is 22.9. The normalized spacial score (nSPS) is 28.9. The highest BCUT2D eigenvalue weighted by Gasteiger charge is 2.34. The van der Waals surface area contributed by atoms with Crippen molar-refractivity contribution in [2.24, 2.45) is 5.92 Å². The van der Waals surface area contributed by atoms with Crippen LogP contribution in [0.2, 0.25) is 0 Å². The van der Waals surface area contributed by atoms with Gasteiger partial charge in [-0.25, -0.2) is 13.2 Å². The van der Waals surface area contributed by atoms with Gasteiger partial charge < -0.3 is 10.2 Å². The first kappa shape index (κ1) is 20.2. The first-order valence-corrected chi connectivity index (χ1v) is 12.1. The Morgan fingerprint density at radius 3 is 2.37 bits per heavy atom. The van der Waals surface area contributed by atoms with E-state index in [0.717, 1.165) is 38.6 Å². The predicted octanol–water partition coefficient (Wildman–Crippen LogP) is 3.49. The van der Waals surface area contributed by atoms with Crippen LogP contribution in [-0.4, -0.2) is 50.0 Å². The van der Waals surface area contributed by atoms with Gasteiger partial charge in [0.05, 0.1) is 5.75 Å². The van der Waals surface area contributed by atoms with Crippen LogP contribution >= 0.6 is 0 Å². The van der Waals surface area contributed by atoms with E-state index in [9.17, 15) is 13.2 Å². The molecule has 1 aliphatic carbocycles. The second-order valence-electron chi connectivity index (χ2n) is 8.60. The van der Waals surface area contributed by atoms with Crippen LogP contribution in [-0.2, 0) is 9.84 Å². The van der Waals surface area contributed by atoms with Crippen LogP contribution in [0.15, 0.2) is 24.3 Å². The Bertz CT molecular complexity index is 752. The van der Waals surface area contributed by atoms with Crippen molar-refractivity contribution >= 4 is 15.9 Å². The van der Waals surface area contributed by atoms with Crippen LogP contribution in [0.4, 0.5) is 4.79 Å². The summed E-state index contributed by atoms with van der Waals surface area (Å²) in [5.41, 5.74) is 2.56. The van der Waals surface area contributed by atoms with E-state index in [-0.39, 0.29) is 29.8 Å². The van der Waals surface area contributed by atoms with Gasteiger partial charge in [0, 0.05) is 30.8 Å². The number of rotatable bonds is 4. The van der Waals surface area contributed by atoms with Gasteiger partial charge in [-0.1, -0.05) is 29.8 Å². The summed E-state index contributed by atoms with van der Waals surface area (Å²) in [6, 6.07) is 9.06. The molecule has 1 aromatic carbocycles. The van der Waals surface area contributed by atoms with E-state index in [4.69, 9.17) is 0 Å². The van der Waals surface area contributed by atoms with Crippen molar-refractivity contribution in [1.29, 1.82) is 0 Å². The van der Waals surface area contributed by atoms with Crippen molar-refractivity contribution in [3.8, 4) is 0 Å². The van der Waals surface area contributed by atoms with Gasteiger partial charge in [0.1, 0.15) is 9.84 Å². The minimum absolute atomic E-state index is 0.0312. The lowest BCUT2D eigenvalue weighted by Gasteiger charge is -2.31. The van der Waals surface area contributed by atoms with Gasteiger partial charge in [-0.15, -0.1) is 0 Å². The van der Waals surface area contributed by atoms with Crippen molar-refractivity contribution in [3.05, 3.63) is 35.4 Å². The van der Waals surface area contributed by atoms with Gasteiger partial charge in [-0.2, -0.15) is 0 Å². The summed E-state index contributed by atoms with van der Waals surface area (Å²) >= 11 is 0. The maximum atomic E-state index is 12.8. The Labute approximate surface area is 163 Å². The van der Waals surface area contributed by atoms with E-state index in [1.54, 1.807) is 0 Å². The van der Waals surface area contributed by atoms with E-state index in [2.05, 4.69) is 43.4 Å². The van der Waals surface area contributed by atoms with Gasteiger partial charge in [-0.3, -0.25) is 0 Å². The molecular weight excluding hydrogens is 360 g/mol. The molecule has 1 heterocycles. The Hall–Kier alpha value is -1.56. The standard InChI is InChI=1S/C21H32N2O3S/c1-15-4-8-18(9-5-15)19-12-16(2)23(13-19)21(24)22-20-10-6-17(7-11-20)14-27(3,25)26/h4-5,8-9,16-17,19-20H,6-7,10-14H2,1-3H3,(H,22,24). The third-order valence-corrected chi connectivity index (χ3v) is 7.17. The Kier molecular flexibility index (Phi) is 6.14. The van der Waals surface area contributed by atoms with Crippen molar-refractivity contribution in [2.75, 3.05) is 18.6 Å². The largest absolute Gasteiger partial charge is 0.335 e. The zero-order chi connectivity index (χ0) is 19.6. The third-order valence-electron chi connectivity index (χ3n) is 6.10. The number of aryl methyl sites for hydroxylation is 1. The molecule has 2 fully saturated rings. The summed E-state index contributed by atoms with van der Waals surface area (Å²) in [7, 11) is -2.92. The average Bonchev–Trinajstić information content (AvgIpc) is 2.98. The fourth-order valence-electron chi connectivity index (χ4n) is 4.55. The molecule has 150 valence electrons. The highest BCUT2D eigenvalue weighted by Crippen LogP contribution is 2.32. The lowest BCUT2D eigenvalue weighted by molar-refractivity contribution is 0.185. The first-order chi connectivity index (χ1) is 12.7. The number of hydrogen-bond donors (Lipinski definition) is 1. The van der Waals surface area contributed by atoms with Crippen LogP contribution in [0.5, 0.6) is 0 Å². The molecule has 1 saturated carbocycles. The van der Waals surface area contributed by atoms with E-state index >= 15 is 0 Å². The summed E-state index contributed by atoms with van der Waals surface area (Å²) in [5, 5.41) is 3.19. The summed E-state index contributed by atoms with van der Waals surface area (Å²) in [6.07, 6.45) is 5.79. The van der Waals surface area contributed by atoms with Crippen LogP contribution in [0.3, 0.4) is 0 Å². The van der Waals surface area contributed by atoms with Crippen molar-refractivity contribution < 1.29 is 13.2 Å². The van der Waals surface area contributed by atoms with E-state index in [1.165, 1.54) is 17.4 Å². The van der Waals surface area contributed by atoms with Crippen molar-refractivity contribution in [3.63, 3.8) is 0 Å². The fourth-order valence-corrected chi connectivity index (χ4v) is 5.74. The van der Waals surface area contributed by atoms with Crippen molar-refractivity contribution in [2.45, 2.75) is 64.0 Å². The van der Waals surface area contributed by atoms with E-state index in [1.807, 2.05) is 4.90 Å². The number of urea groups is 1. The quantitative estimate of drug-likeness (QED) is 0.853. The van der Waals surface area contributed by atoms with E-state index < -0.39 is 9.84 Å². The van der Waals surface area contributed by atoms with Crippen LogP contribution in [0, 0.1) is 12.8 Å². The number of carbonyl (C=O) groups excluding carboxylic acids is 1. The summed E-state index contributed by atoms with van der Waals surface area (Å²) in [6.45, 7) is 4.97. The van der Waals surface area contributed by atoms with Crippen LogP contribution in [0.25, 0.3) is 0 Å². The van der Waals surface area contributed by atoms with Crippen molar-refractivity contribution in [1.82, 2.24) is 10.2 Å². The fraction of sp³-hybridized carbons (Fsp3) is 0.667. The minimum Gasteiger partial charge on any atom is -0.335 e. The molecule has 2 amide bonds. The monoisotopic (exact) mass is 392 g/mol. The molecular formula is C21H32N2O3S. The molecule has 1 saturated heterocycles. The zero-order valence-corrected chi connectivity index (χ0v) is 17.5. The number of sulfone groups is 1. The number of likely N-dealkylation sites (tertiary alicyclic amines) is 1. The molecule has 1 aromatic rings. The molecule has 0 radical (unpaired) electrons. The Balaban J connectivity index is 1.50. The van der Waals surface area contributed by atoms with Gasteiger partial charge in [0.25, 0.3) is 0 Å². The molecule has 0 spiro atoms.